The van der Waals surface area contributed by atoms with Crippen molar-refractivity contribution in [2.24, 2.45) is 5.92 Å². The number of halogens is 1. The Bertz CT molecular complexity index is 433. The quantitative estimate of drug-likeness (QED) is 0.905. The van der Waals surface area contributed by atoms with Crippen LogP contribution in [-0.4, -0.2) is 16.1 Å². The molecule has 0 aromatic carbocycles. The monoisotopic (exact) mass is 256 g/mol. The number of nitrogens with one attached hydrogen (secondary N) is 1. The maximum atomic E-state index is 11.3. The van der Waals surface area contributed by atoms with Crippen molar-refractivity contribution in [3.8, 4) is 5.88 Å². The van der Waals surface area contributed by atoms with Crippen molar-refractivity contribution in [2.75, 3.05) is 0 Å². The third-order valence-electron chi connectivity index (χ3n) is 3.35. The minimum absolute atomic E-state index is 0.0473. The highest BCUT2D eigenvalue weighted by Crippen LogP contribution is 2.30. The van der Waals surface area contributed by atoms with Crippen LogP contribution < -0.4 is 10.3 Å². The molecule has 0 saturated heterocycles. The molecule has 1 aromatic heterocycles. The van der Waals surface area contributed by atoms with Gasteiger partial charge in [0.2, 0.25) is 5.88 Å². The van der Waals surface area contributed by atoms with Crippen molar-refractivity contribution >= 4 is 11.6 Å². The molecule has 2 rings (SSSR count). The van der Waals surface area contributed by atoms with Crippen molar-refractivity contribution in [1.29, 1.82) is 0 Å². The molecule has 1 aliphatic rings. The molecule has 0 spiro atoms. The van der Waals surface area contributed by atoms with Crippen LogP contribution in [0.5, 0.6) is 5.88 Å². The molecule has 1 aliphatic carbocycles. The summed E-state index contributed by atoms with van der Waals surface area (Å²) in [6.07, 6.45) is 7.13. The number of rotatable bonds is 3. The van der Waals surface area contributed by atoms with Crippen LogP contribution in [0.1, 0.15) is 39.0 Å². The third-order valence-corrected chi connectivity index (χ3v) is 3.69. The summed E-state index contributed by atoms with van der Waals surface area (Å²) >= 11 is 5.85. The Labute approximate surface area is 105 Å². The van der Waals surface area contributed by atoms with Gasteiger partial charge in [0.15, 0.2) is 5.02 Å². The molecule has 1 saturated carbocycles. The van der Waals surface area contributed by atoms with Gasteiger partial charge in [0.05, 0.1) is 6.33 Å². The summed E-state index contributed by atoms with van der Waals surface area (Å²) in [5.41, 5.74) is -0.348. The Morgan fingerprint density at radius 3 is 3.18 bits per heavy atom. The molecule has 1 N–H and O–H groups in total. The standard InChI is InChI=1S/C12H17ClN2O2/c1-2-8-4-3-5-9(6-8)17-12-10(13)11(16)14-7-15-12/h7-9H,2-6H2,1H3,(H,14,15,16). The van der Waals surface area contributed by atoms with Crippen molar-refractivity contribution in [3.63, 3.8) is 0 Å². The van der Waals surface area contributed by atoms with Gasteiger partial charge in [0, 0.05) is 0 Å². The fraction of sp³-hybridized carbons (Fsp3) is 0.667. The topological polar surface area (TPSA) is 55.0 Å². The number of nitrogens with zero attached hydrogens (tertiary/aromatic N) is 1. The summed E-state index contributed by atoms with van der Waals surface area (Å²) in [4.78, 5) is 17.7. The maximum Gasteiger partial charge on any atom is 0.273 e. The maximum absolute atomic E-state index is 11.3. The molecule has 94 valence electrons. The van der Waals surface area contributed by atoms with E-state index in [4.69, 9.17) is 16.3 Å². The lowest BCUT2D eigenvalue weighted by Gasteiger charge is -2.28. The van der Waals surface area contributed by atoms with Gasteiger partial charge >= 0.3 is 0 Å². The molecule has 0 bridgehead atoms. The summed E-state index contributed by atoms with van der Waals surface area (Å²) in [5.74, 6) is 0.978. The highest BCUT2D eigenvalue weighted by Gasteiger charge is 2.23. The SMILES string of the molecule is CCC1CCCC(Oc2nc[nH]c(=O)c2Cl)C1. The number of aromatic nitrogens is 2. The van der Waals surface area contributed by atoms with Crippen LogP contribution in [0.15, 0.2) is 11.1 Å². The first-order chi connectivity index (χ1) is 8.20. The first-order valence-corrected chi connectivity index (χ1v) is 6.48. The molecule has 0 aliphatic heterocycles. The van der Waals surface area contributed by atoms with Gasteiger partial charge in [-0.2, -0.15) is 0 Å². The second-order valence-corrected chi connectivity index (χ2v) is 4.91. The van der Waals surface area contributed by atoms with Crippen molar-refractivity contribution in [1.82, 2.24) is 9.97 Å². The molecule has 17 heavy (non-hydrogen) atoms. The molecule has 5 heteroatoms. The fourth-order valence-corrected chi connectivity index (χ4v) is 2.47. The normalized spacial score (nSPS) is 24.6. The Morgan fingerprint density at radius 1 is 1.59 bits per heavy atom. The predicted molar refractivity (Wildman–Crippen MR) is 66.5 cm³/mol. The summed E-state index contributed by atoms with van der Waals surface area (Å²) < 4.78 is 5.74. The number of hydrogen-bond donors (Lipinski definition) is 1. The van der Waals surface area contributed by atoms with Crippen molar-refractivity contribution in [3.05, 3.63) is 21.7 Å². The van der Waals surface area contributed by atoms with Crippen molar-refractivity contribution in [2.45, 2.75) is 45.1 Å². The zero-order valence-electron chi connectivity index (χ0n) is 9.91. The molecular weight excluding hydrogens is 240 g/mol. The van der Waals surface area contributed by atoms with E-state index in [-0.39, 0.29) is 22.6 Å². The molecule has 0 radical (unpaired) electrons. The summed E-state index contributed by atoms with van der Waals surface area (Å²) in [5, 5.41) is 0.0473. The van der Waals surface area contributed by atoms with Gasteiger partial charge < -0.3 is 9.72 Å². The Morgan fingerprint density at radius 2 is 2.41 bits per heavy atom. The highest BCUT2D eigenvalue weighted by molar-refractivity contribution is 6.31. The van der Waals surface area contributed by atoms with Gasteiger partial charge in [-0.05, 0) is 25.2 Å². The molecule has 1 fully saturated rings. The Balaban J connectivity index is 2.05. The molecule has 2 atom stereocenters. The molecule has 4 nitrogen and oxygen atoms in total. The summed E-state index contributed by atoms with van der Waals surface area (Å²) in [6, 6.07) is 0. The predicted octanol–water partition coefficient (Wildman–Crippen LogP) is 2.77. The van der Waals surface area contributed by atoms with Crippen LogP contribution in [0.4, 0.5) is 0 Å². The first kappa shape index (κ1) is 12.4. The number of aromatic amines is 1. The van der Waals surface area contributed by atoms with Gasteiger partial charge in [0.25, 0.3) is 5.56 Å². The van der Waals surface area contributed by atoms with Crippen LogP contribution in [0.3, 0.4) is 0 Å². The first-order valence-electron chi connectivity index (χ1n) is 6.10. The zero-order chi connectivity index (χ0) is 12.3. The van der Waals surface area contributed by atoms with E-state index in [0.29, 0.717) is 0 Å². The lowest BCUT2D eigenvalue weighted by molar-refractivity contribution is 0.117. The average molecular weight is 257 g/mol. The Hall–Kier alpha value is -1.03. The molecule has 2 unspecified atom stereocenters. The van der Waals surface area contributed by atoms with Crippen LogP contribution in [0.25, 0.3) is 0 Å². The molecule has 1 aromatic rings. The van der Waals surface area contributed by atoms with Crippen LogP contribution >= 0.6 is 11.6 Å². The van der Waals surface area contributed by atoms with E-state index >= 15 is 0 Å². The summed E-state index contributed by atoms with van der Waals surface area (Å²) in [6.45, 7) is 2.20. The van der Waals surface area contributed by atoms with Crippen LogP contribution in [-0.2, 0) is 0 Å². The second kappa shape index (κ2) is 5.54. The number of H-pyrrole nitrogens is 1. The van der Waals surface area contributed by atoms with Gasteiger partial charge in [0.1, 0.15) is 6.10 Å². The van der Waals surface area contributed by atoms with E-state index in [2.05, 4.69) is 16.9 Å². The van der Waals surface area contributed by atoms with Gasteiger partial charge in [-0.3, -0.25) is 4.79 Å². The zero-order valence-corrected chi connectivity index (χ0v) is 10.7. The minimum Gasteiger partial charge on any atom is -0.473 e. The number of ether oxygens (including phenoxy) is 1. The smallest absolute Gasteiger partial charge is 0.273 e. The minimum atomic E-state index is -0.348. The largest absolute Gasteiger partial charge is 0.473 e. The van der Waals surface area contributed by atoms with E-state index in [9.17, 15) is 4.79 Å². The van der Waals surface area contributed by atoms with Gasteiger partial charge in [-0.15, -0.1) is 0 Å². The van der Waals surface area contributed by atoms with Crippen LogP contribution in [0.2, 0.25) is 5.02 Å². The third kappa shape index (κ3) is 3.00. The highest BCUT2D eigenvalue weighted by atomic mass is 35.5. The van der Waals surface area contributed by atoms with E-state index in [1.54, 1.807) is 0 Å². The van der Waals surface area contributed by atoms with E-state index < -0.39 is 0 Å². The summed E-state index contributed by atoms with van der Waals surface area (Å²) in [7, 11) is 0. The molecule has 1 heterocycles. The van der Waals surface area contributed by atoms with E-state index in [0.717, 1.165) is 18.8 Å². The lowest BCUT2D eigenvalue weighted by atomic mass is 9.85. The fourth-order valence-electron chi connectivity index (χ4n) is 2.33. The number of hydrogen-bond acceptors (Lipinski definition) is 3. The van der Waals surface area contributed by atoms with E-state index in [1.807, 2.05) is 0 Å². The van der Waals surface area contributed by atoms with Crippen molar-refractivity contribution < 1.29 is 4.74 Å². The van der Waals surface area contributed by atoms with E-state index in [1.165, 1.54) is 25.6 Å². The molecule has 0 amide bonds. The van der Waals surface area contributed by atoms with Gasteiger partial charge in [-0.25, -0.2) is 4.98 Å². The van der Waals surface area contributed by atoms with Crippen LogP contribution in [0, 0.1) is 5.92 Å². The second-order valence-electron chi connectivity index (χ2n) is 4.53. The van der Waals surface area contributed by atoms with Gasteiger partial charge in [-0.1, -0.05) is 31.4 Å². The average Bonchev–Trinajstić information content (AvgIpc) is 2.35. The lowest BCUT2D eigenvalue weighted by Crippen LogP contribution is -2.26. The molecular formula is C12H17ClN2O2. The Kier molecular flexibility index (Phi) is 4.05.